The molecular weight excluding hydrogens is 272 g/mol. The molecule has 0 amide bonds. The van der Waals surface area contributed by atoms with Crippen molar-refractivity contribution in [3.63, 3.8) is 0 Å². The molecule has 0 spiro atoms. The topological polar surface area (TPSA) is 51.2 Å². The predicted octanol–water partition coefficient (Wildman–Crippen LogP) is 2.98. The molecule has 0 aromatic heterocycles. The number of carbonyl (C=O) groups excluding carboxylic acids is 1. The van der Waals surface area contributed by atoms with E-state index in [9.17, 15) is 13.2 Å². The van der Waals surface area contributed by atoms with Crippen LogP contribution in [0.4, 0.5) is 0 Å². The number of halogens is 1. The van der Waals surface area contributed by atoms with Crippen molar-refractivity contribution in [2.45, 2.75) is 24.7 Å². The van der Waals surface area contributed by atoms with Crippen LogP contribution in [-0.2, 0) is 16.3 Å². The molecule has 0 heterocycles. The van der Waals surface area contributed by atoms with Crippen molar-refractivity contribution in [1.82, 2.24) is 0 Å². The molecule has 0 radical (unpaired) electrons. The van der Waals surface area contributed by atoms with Gasteiger partial charge in [-0.05, 0) is 42.1 Å². The molecule has 1 rings (SSSR count). The second-order valence-electron chi connectivity index (χ2n) is 3.95. The van der Waals surface area contributed by atoms with Crippen LogP contribution < -0.4 is 0 Å². The Balaban J connectivity index is 3.26. The van der Waals surface area contributed by atoms with Gasteiger partial charge in [0.15, 0.2) is 9.84 Å². The maximum Gasteiger partial charge on any atom is 0.252 e. The summed E-state index contributed by atoms with van der Waals surface area (Å²) < 4.78 is 23.4. The standard InChI is InChI=1S/C13H15ClO3S/c1-3-4-5-6-10-7-8-11(13(14)15)9-12(10)18(2,16)17/h4-5,7-9H,3,6H2,1-2H3. The average Bonchev–Trinajstić information content (AvgIpc) is 2.28. The molecule has 98 valence electrons. The minimum Gasteiger partial charge on any atom is -0.276 e. The molecule has 0 unspecified atom stereocenters. The second kappa shape index (κ2) is 6.16. The van der Waals surface area contributed by atoms with Crippen molar-refractivity contribution in [2.24, 2.45) is 0 Å². The highest BCUT2D eigenvalue weighted by Gasteiger charge is 2.15. The van der Waals surface area contributed by atoms with Gasteiger partial charge in [-0.15, -0.1) is 0 Å². The molecule has 0 saturated heterocycles. The second-order valence-corrected chi connectivity index (χ2v) is 6.28. The molecule has 3 nitrogen and oxygen atoms in total. The van der Waals surface area contributed by atoms with Gasteiger partial charge in [0.2, 0.25) is 0 Å². The van der Waals surface area contributed by atoms with Crippen LogP contribution in [0, 0.1) is 0 Å². The van der Waals surface area contributed by atoms with Crippen LogP contribution >= 0.6 is 11.6 Å². The van der Waals surface area contributed by atoms with E-state index in [0.29, 0.717) is 12.0 Å². The Morgan fingerprint density at radius 3 is 2.50 bits per heavy atom. The minimum atomic E-state index is -3.37. The number of hydrogen-bond acceptors (Lipinski definition) is 3. The van der Waals surface area contributed by atoms with E-state index < -0.39 is 15.1 Å². The SMILES string of the molecule is CCC=CCc1ccc(C(=O)Cl)cc1S(C)(=O)=O. The average molecular weight is 287 g/mol. The summed E-state index contributed by atoms with van der Waals surface area (Å²) in [4.78, 5) is 11.2. The number of hydrogen-bond donors (Lipinski definition) is 0. The van der Waals surface area contributed by atoms with Gasteiger partial charge in [-0.2, -0.15) is 0 Å². The molecule has 18 heavy (non-hydrogen) atoms. The molecule has 1 aromatic carbocycles. The molecule has 0 aliphatic heterocycles. The Kier molecular flexibility index (Phi) is 5.11. The molecule has 1 aromatic rings. The third-order valence-electron chi connectivity index (χ3n) is 2.43. The van der Waals surface area contributed by atoms with Crippen molar-refractivity contribution in [3.8, 4) is 0 Å². The van der Waals surface area contributed by atoms with Crippen LogP contribution in [-0.4, -0.2) is 19.9 Å². The monoisotopic (exact) mass is 286 g/mol. The number of rotatable bonds is 5. The molecule has 5 heteroatoms. The quantitative estimate of drug-likeness (QED) is 0.618. The lowest BCUT2D eigenvalue weighted by atomic mass is 10.1. The molecule has 0 fully saturated rings. The van der Waals surface area contributed by atoms with E-state index in [4.69, 9.17) is 11.6 Å². The van der Waals surface area contributed by atoms with Crippen LogP contribution in [0.2, 0.25) is 0 Å². The Labute approximate surface area is 112 Å². The van der Waals surface area contributed by atoms with Crippen molar-refractivity contribution in [3.05, 3.63) is 41.5 Å². The van der Waals surface area contributed by atoms with Crippen LogP contribution in [0.1, 0.15) is 29.3 Å². The molecule has 0 bridgehead atoms. The lowest BCUT2D eigenvalue weighted by Crippen LogP contribution is -2.04. The van der Waals surface area contributed by atoms with E-state index in [2.05, 4.69) is 0 Å². The highest BCUT2D eigenvalue weighted by Crippen LogP contribution is 2.20. The van der Waals surface area contributed by atoms with Crippen molar-refractivity contribution >= 4 is 26.7 Å². The van der Waals surface area contributed by atoms with E-state index in [1.54, 1.807) is 12.1 Å². The number of benzene rings is 1. The van der Waals surface area contributed by atoms with Crippen LogP contribution in [0.3, 0.4) is 0 Å². The molecule has 0 N–H and O–H groups in total. The zero-order valence-electron chi connectivity index (χ0n) is 10.3. The lowest BCUT2D eigenvalue weighted by molar-refractivity contribution is 0.108. The normalized spacial score (nSPS) is 11.9. The molecule has 0 atom stereocenters. The molecule has 0 aliphatic carbocycles. The van der Waals surface area contributed by atoms with E-state index >= 15 is 0 Å². The Bertz CT molecular complexity index is 574. The van der Waals surface area contributed by atoms with E-state index in [0.717, 1.165) is 12.7 Å². The third-order valence-corrected chi connectivity index (χ3v) is 3.83. The Morgan fingerprint density at radius 1 is 1.33 bits per heavy atom. The molecule has 0 saturated carbocycles. The van der Waals surface area contributed by atoms with Crippen molar-refractivity contribution in [2.75, 3.05) is 6.26 Å². The maximum absolute atomic E-state index is 11.7. The molecular formula is C13H15ClO3S. The highest BCUT2D eigenvalue weighted by atomic mass is 35.5. The van der Waals surface area contributed by atoms with Gasteiger partial charge in [-0.25, -0.2) is 8.42 Å². The van der Waals surface area contributed by atoms with Gasteiger partial charge in [-0.3, -0.25) is 4.79 Å². The minimum absolute atomic E-state index is 0.162. The Hall–Kier alpha value is -1.13. The summed E-state index contributed by atoms with van der Waals surface area (Å²) in [6, 6.07) is 4.50. The summed E-state index contributed by atoms with van der Waals surface area (Å²) in [5, 5.41) is -0.657. The number of sulfone groups is 1. The van der Waals surface area contributed by atoms with Crippen molar-refractivity contribution in [1.29, 1.82) is 0 Å². The van der Waals surface area contributed by atoms with Gasteiger partial charge in [0.1, 0.15) is 0 Å². The summed E-state index contributed by atoms with van der Waals surface area (Å²) in [6.07, 6.45) is 6.41. The summed E-state index contributed by atoms with van der Waals surface area (Å²) in [5.74, 6) is 0. The van der Waals surface area contributed by atoms with E-state index in [1.807, 2.05) is 19.1 Å². The number of allylic oxidation sites excluding steroid dienone is 2. The van der Waals surface area contributed by atoms with Gasteiger partial charge in [0.25, 0.3) is 5.24 Å². The van der Waals surface area contributed by atoms with Gasteiger partial charge >= 0.3 is 0 Å². The van der Waals surface area contributed by atoms with Crippen LogP contribution in [0.25, 0.3) is 0 Å². The van der Waals surface area contributed by atoms with Gasteiger partial charge in [-0.1, -0.05) is 25.1 Å². The fourth-order valence-corrected chi connectivity index (χ4v) is 2.65. The maximum atomic E-state index is 11.7. The first kappa shape index (κ1) is 14.9. The lowest BCUT2D eigenvalue weighted by Gasteiger charge is -2.07. The zero-order valence-corrected chi connectivity index (χ0v) is 11.9. The first-order valence-corrected chi connectivity index (χ1v) is 7.81. The van der Waals surface area contributed by atoms with Gasteiger partial charge in [0.05, 0.1) is 4.90 Å². The first-order valence-electron chi connectivity index (χ1n) is 5.54. The largest absolute Gasteiger partial charge is 0.276 e. The summed E-state index contributed by atoms with van der Waals surface area (Å²) in [7, 11) is -3.37. The van der Waals surface area contributed by atoms with Gasteiger partial charge < -0.3 is 0 Å². The van der Waals surface area contributed by atoms with Crippen molar-refractivity contribution < 1.29 is 13.2 Å². The third kappa shape index (κ3) is 3.96. The summed E-state index contributed by atoms with van der Waals surface area (Å²) >= 11 is 5.36. The smallest absolute Gasteiger partial charge is 0.252 e. The predicted molar refractivity (Wildman–Crippen MR) is 72.9 cm³/mol. The van der Waals surface area contributed by atoms with Crippen LogP contribution in [0.5, 0.6) is 0 Å². The van der Waals surface area contributed by atoms with Crippen LogP contribution in [0.15, 0.2) is 35.2 Å². The zero-order chi connectivity index (χ0) is 13.8. The van der Waals surface area contributed by atoms with E-state index in [-0.39, 0.29) is 10.5 Å². The molecule has 0 aliphatic rings. The highest BCUT2D eigenvalue weighted by molar-refractivity contribution is 7.90. The first-order chi connectivity index (χ1) is 8.36. The summed E-state index contributed by atoms with van der Waals surface area (Å²) in [5.41, 5.74) is 0.865. The van der Waals surface area contributed by atoms with Gasteiger partial charge in [0, 0.05) is 11.8 Å². The number of carbonyl (C=O) groups is 1. The fourth-order valence-electron chi connectivity index (χ4n) is 1.57. The fraction of sp³-hybridized carbons (Fsp3) is 0.308. The Morgan fingerprint density at radius 2 is 2.00 bits per heavy atom. The van der Waals surface area contributed by atoms with E-state index in [1.165, 1.54) is 6.07 Å². The summed E-state index contributed by atoms with van der Waals surface area (Å²) in [6.45, 7) is 2.00.